The highest BCUT2D eigenvalue weighted by molar-refractivity contribution is 7.98. The van der Waals surface area contributed by atoms with Crippen molar-refractivity contribution in [1.82, 2.24) is 10.6 Å². The summed E-state index contributed by atoms with van der Waals surface area (Å²) in [6, 6.07) is -0.445. The molecule has 0 aromatic heterocycles. The van der Waals surface area contributed by atoms with Gasteiger partial charge in [-0.2, -0.15) is 11.8 Å². The van der Waals surface area contributed by atoms with Gasteiger partial charge in [-0.3, -0.25) is 0 Å². The summed E-state index contributed by atoms with van der Waals surface area (Å²) in [6.45, 7) is 0.281. The van der Waals surface area contributed by atoms with Crippen molar-refractivity contribution < 1.29 is 19.8 Å². The zero-order valence-electron chi connectivity index (χ0n) is 10.6. The van der Waals surface area contributed by atoms with Crippen molar-refractivity contribution in [2.45, 2.75) is 31.8 Å². The first-order chi connectivity index (χ1) is 8.57. The molecule has 0 saturated heterocycles. The van der Waals surface area contributed by atoms with E-state index in [4.69, 9.17) is 10.2 Å². The van der Waals surface area contributed by atoms with Crippen molar-refractivity contribution in [1.29, 1.82) is 0 Å². The second-order valence-corrected chi connectivity index (χ2v) is 4.88. The van der Waals surface area contributed by atoms with E-state index in [-0.39, 0.29) is 6.54 Å². The number of aliphatic hydroxyl groups excluding tert-OH is 1. The molecule has 0 aromatic rings. The molecule has 18 heavy (non-hydrogen) atoms. The van der Waals surface area contributed by atoms with Gasteiger partial charge in [-0.1, -0.05) is 12.8 Å². The standard InChI is InChI=1S/C11H22N2O4S/c1-18-7-5-3-2-4-6-12-11(17)13-8-9(14)10(15)16/h9,14H,2-8H2,1H3,(H,15,16)(H2,12,13,17). The smallest absolute Gasteiger partial charge is 0.334 e. The van der Waals surface area contributed by atoms with Gasteiger partial charge in [0.25, 0.3) is 0 Å². The Morgan fingerprint density at radius 1 is 1.17 bits per heavy atom. The van der Waals surface area contributed by atoms with E-state index >= 15 is 0 Å². The maximum atomic E-state index is 11.2. The van der Waals surface area contributed by atoms with Crippen LogP contribution in [0.25, 0.3) is 0 Å². The van der Waals surface area contributed by atoms with Gasteiger partial charge in [-0.25, -0.2) is 9.59 Å². The highest BCUT2D eigenvalue weighted by atomic mass is 32.2. The fourth-order valence-corrected chi connectivity index (χ4v) is 1.76. The number of carboxylic acids is 1. The number of nitrogens with one attached hydrogen (secondary N) is 2. The third-order valence-corrected chi connectivity index (χ3v) is 3.00. The van der Waals surface area contributed by atoms with Crippen molar-refractivity contribution in [3.05, 3.63) is 0 Å². The quantitative estimate of drug-likeness (QED) is 0.440. The minimum atomic E-state index is -1.55. The third kappa shape index (κ3) is 10.2. The number of aliphatic carboxylic acids is 1. The molecule has 0 spiro atoms. The highest BCUT2D eigenvalue weighted by Gasteiger charge is 2.13. The summed E-state index contributed by atoms with van der Waals surface area (Å²) in [7, 11) is 0. The van der Waals surface area contributed by atoms with Crippen molar-refractivity contribution in [2.24, 2.45) is 0 Å². The molecule has 0 aliphatic carbocycles. The number of thioether (sulfide) groups is 1. The van der Waals surface area contributed by atoms with Crippen LogP contribution in [0.15, 0.2) is 0 Å². The minimum Gasteiger partial charge on any atom is -0.479 e. The van der Waals surface area contributed by atoms with Crippen molar-refractivity contribution in [3.63, 3.8) is 0 Å². The van der Waals surface area contributed by atoms with Crippen LogP contribution in [0.5, 0.6) is 0 Å². The lowest BCUT2D eigenvalue weighted by Crippen LogP contribution is -2.42. The number of aliphatic hydroxyl groups is 1. The molecule has 0 aliphatic rings. The van der Waals surface area contributed by atoms with E-state index in [2.05, 4.69) is 16.9 Å². The monoisotopic (exact) mass is 278 g/mol. The Labute approximate surface area is 112 Å². The van der Waals surface area contributed by atoms with E-state index in [1.165, 1.54) is 12.2 Å². The maximum absolute atomic E-state index is 11.2. The van der Waals surface area contributed by atoms with E-state index in [0.29, 0.717) is 6.54 Å². The molecule has 0 rings (SSSR count). The second-order valence-electron chi connectivity index (χ2n) is 3.90. The number of amides is 2. The molecule has 1 unspecified atom stereocenters. The van der Waals surface area contributed by atoms with Gasteiger partial charge in [0, 0.05) is 6.54 Å². The summed E-state index contributed by atoms with van der Waals surface area (Å²) < 4.78 is 0. The topological polar surface area (TPSA) is 98.7 Å². The number of hydrogen-bond donors (Lipinski definition) is 4. The van der Waals surface area contributed by atoms with Crippen LogP contribution in [-0.4, -0.2) is 53.4 Å². The number of unbranched alkanes of at least 4 members (excludes halogenated alkanes) is 3. The van der Waals surface area contributed by atoms with Crippen LogP contribution < -0.4 is 10.6 Å². The van der Waals surface area contributed by atoms with Gasteiger partial charge in [0.15, 0.2) is 6.10 Å². The predicted octanol–water partition coefficient (Wildman–Crippen LogP) is 0.654. The van der Waals surface area contributed by atoms with Crippen molar-refractivity contribution in [3.8, 4) is 0 Å². The van der Waals surface area contributed by atoms with E-state index in [1.54, 1.807) is 0 Å². The Morgan fingerprint density at radius 3 is 2.44 bits per heavy atom. The number of hydrogen-bond acceptors (Lipinski definition) is 4. The molecule has 1 atom stereocenters. The van der Waals surface area contributed by atoms with Crippen LogP contribution in [0.2, 0.25) is 0 Å². The Bertz CT molecular complexity index is 251. The molecule has 6 nitrogen and oxygen atoms in total. The van der Waals surface area contributed by atoms with E-state index < -0.39 is 18.1 Å². The van der Waals surface area contributed by atoms with Crippen molar-refractivity contribution >= 4 is 23.8 Å². The molecule has 0 radical (unpaired) electrons. The first-order valence-corrected chi connectivity index (χ1v) is 7.38. The van der Waals surface area contributed by atoms with Gasteiger partial charge in [0.1, 0.15) is 0 Å². The minimum absolute atomic E-state index is 0.283. The number of carboxylic acid groups (broad SMARTS) is 1. The summed E-state index contributed by atoms with van der Waals surface area (Å²) >= 11 is 1.83. The fraction of sp³-hybridized carbons (Fsp3) is 0.818. The lowest BCUT2D eigenvalue weighted by Gasteiger charge is -2.09. The molecule has 4 N–H and O–H groups in total. The predicted molar refractivity (Wildman–Crippen MR) is 71.9 cm³/mol. The average molecular weight is 278 g/mol. The Kier molecular flexibility index (Phi) is 10.6. The van der Waals surface area contributed by atoms with Crippen LogP contribution in [0.1, 0.15) is 25.7 Å². The first-order valence-electron chi connectivity index (χ1n) is 5.99. The largest absolute Gasteiger partial charge is 0.479 e. The lowest BCUT2D eigenvalue weighted by molar-refractivity contribution is -0.146. The molecule has 2 amide bonds. The van der Waals surface area contributed by atoms with Crippen LogP contribution in [0.4, 0.5) is 4.79 Å². The third-order valence-electron chi connectivity index (χ3n) is 2.30. The van der Waals surface area contributed by atoms with Crippen LogP contribution in [0.3, 0.4) is 0 Å². The SMILES string of the molecule is CSCCCCCCNC(=O)NCC(O)C(=O)O. The first kappa shape index (κ1) is 17.1. The zero-order chi connectivity index (χ0) is 13.8. The molecule has 0 aliphatic heterocycles. The molecule has 106 valence electrons. The van der Waals surface area contributed by atoms with Crippen LogP contribution >= 0.6 is 11.8 Å². The molecule has 7 heteroatoms. The fourth-order valence-electron chi connectivity index (χ4n) is 1.27. The Hall–Kier alpha value is -0.950. The summed E-state index contributed by atoms with van der Waals surface area (Å²) in [5.41, 5.74) is 0. The summed E-state index contributed by atoms with van der Waals surface area (Å²) in [5.74, 6) is -0.176. The summed E-state index contributed by atoms with van der Waals surface area (Å²) in [6.07, 6.45) is 4.85. The normalized spacial score (nSPS) is 11.9. The Balaban J connectivity index is 3.35. The van der Waals surface area contributed by atoms with E-state index in [9.17, 15) is 9.59 Å². The molecular formula is C11H22N2O4S. The molecule has 0 heterocycles. The molecule has 0 saturated carbocycles. The van der Waals surface area contributed by atoms with Crippen molar-refractivity contribution in [2.75, 3.05) is 25.1 Å². The highest BCUT2D eigenvalue weighted by Crippen LogP contribution is 2.03. The lowest BCUT2D eigenvalue weighted by atomic mass is 10.2. The van der Waals surface area contributed by atoms with Gasteiger partial charge in [0.2, 0.25) is 0 Å². The van der Waals surface area contributed by atoms with Crippen LogP contribution in [-0.2, 0) is 4.79 Å². The number of urea groups is 1. The van der Waals surface area contributed by atoms with E-state index in [0.717, 1.165) is 19.3 Å². The number of rotatable bonds is 10. The van der Waals surface area contributed by atoms with Crippen LogP contribution in [0, 0.1) is 0 Å². The van der Waals surface area contributed by atoms with Gasteiger partial charge < -0.3 is 20.8 Å². The molecule has 0 aromatic carbocycles. The molecular weight excluding hydrogens is 256 g/mol. The molecule has 0 fully saturated rings. The molecule has 0 bridgehead atoms. The zero-order valence-corrected chi connectivity index (χ0v) is 11.5. The average Bonchev–Trinajstić information content (AvgIpc) is 2.34. The second kappa shape index (κ2) is 11.2. The summed E-state index contributed by atoms with van der Waals surface area (Å²) in [4.78, 5) is 21.4. The van der Waals surface area contributed by atoms with Gasteiger partial charge in [0.05, 0.1) is 6.54 Å². The number of carbonyl (C=O) groups excluding carboxylic acids is 1. The van der Waals surface area contributed by atoms with Gasteiger partial charge in [-0.05, 0) is 24.9 Å². The van der Waals surface area contributed by atoms with Gasteiger partial charge in [-0.15, -0.1) is 0 Å². The van der Waals surface area contributed by atoms with E-state index in [1.807, 2.05) is 11.8 Å². The maximum Gasteiger partial charge on any atom is 0.334 e. The Morgan fingerprint density at radius 2 is 1.83 bits per heavy atom. The number of carbonyl (C=O) groups is 2. The summed E-state index contributed by atoms with van der Waals surface area (Å²) in [5, 5.41) is 22.2. The van der Waals surface area contributed by atoms with Gasteiger partial charge >= 0.3 is 12.0 Å².